The molecule has 0 fully saturated rings. The van der Waals surface area contributed by atoms with Crippen LogP contribution in [0.2, 0.25) is 0 Å². The number of nitrogens with two attached hydrogens (primary N) is 2. The first-order chi connectivity index (χ1) is 22.1. The van der Waals surface area contributed by atoms with Gasteiger partial charge in [-0.2, -0.15) is 0 Å². The molecule has 2 aromatic rings. The van der Waals surface area contributed by atoms with Gasteiger partial charge in [-0.3, -0.25) is 40.8 Å². The highest BCUT2D eigenvalue weighted by Gasteiger charge is 2.09. The Bertz CT molecular complexity index is 1220. The average Bonchev–Trinajstić information content (AvgIpc) is 3.03. The van der Waals surface area contributed by atoms with Crippen LogP contribution < -0.4 is 22.1 Å². The second-order valence-electron chi connectivity index (χ2n) is 10.3. The predicted molar refractivity (Wildman–Crippen MR) is 172 cm³/mol. The first-order valence-electron chi connectivity index (χ1n) is 15.1. The monoisotopic (exact) mass is 642 g/mol. The molecule has 250 valence electrons. The van der Waals surface area contributed by atoms with E-state index >= 15 is 0 Å². The number of carbonyl (C=O) groups excluding carboxylic acids is 2. The maximum Gasteiger partial charge on any atom is 0.414 e. The van der Waals surface area contributed by atoms with Crippen molar-refractivity contribution in [3.8, 4) is 0 Å². The number of non-ortho nitro benzene ring substituents is 2. The van der Waals surface area contributed by atoms with Crippen LogP contribution in [0.1, 0.15) is 75.3 Å². The van der Waals surface area contributed by atoms with E-state index in [1.165, 1.54) is 48.5 Å². The van der Waals surface area contributed by atoms with Crippen molar-refractivity contribution in [1.29, 1.82) is 0 Å². The molecular formula is C30H42N8O8. The van der Waals surface area contributed by atoms with Gasteiger partial charge in [0.1, 0.15) is 13.2 Å². The molecule has 0 spiro atoms. The Morgan fingerprint density at radius 2 is 0.891 bits per heavy atom. The summed E-state index contributed by atoms with van der Waals surface area (Å²) in [5.74, 6) is -0.0321. The third-order valence-corrected chi connectivity index (χ3v) is 6.62. The molecular weight excluding hydrogens is 600 g/mol. The van der Waals surface area contributed by atoms with Crippen LogP contribution >= 0.6 is 0 Å². The van der Waals surface area contributed by atoms with Crippen molar-refractivity contribution in [3.05, 3.63) is 79.9 Å². The second kappa shape index (κ2) is 21.4. The van der Waals surface area contributed by atoms with Gasteiger partial charge in [0, 0.05) is 37.4 Å². The molecule has 46 heavy (non-hydrogen) atoms. The molecule has 2 amide bonds. The molecule has 0 atom stereocenters. The van der Waals surface area contributed by atoms with Crippen LogP contribution in [0.15, 0.2) is 58.5 Å². The van der Waals surface area contributed by atoms with E-state index in [0.717, 1.165) is 64.2 Å². The van der Waals surface area contributed by atoms with Gasteiger partial charge in [0.15, 0.2) is 11.9 Å². The number of unbranched alkanes of at least 4 members (excludes halogenated alkanes) is 9. The largest absolute Gasteiger partial charge is 0.444 e. The minimum absolute atomic E-state index is 0.0160. The molecule has 16 nitrogen and oxygen atoms in total. The summed E-state index contributed by atoms with van der Waals surface area (Å²) in [6.07, 6.45) is 9.03. The molecule has 0 saturated heterocycles. The Labute approximate surface area is 266 Å². The summed E-state index contributed by atoms with van der Waals surface area (Å²) in [6, 6.07) is 11.4. The first kappa shape index (κ1) is 36.9. The van der Waals surface area contributed by atoms with Crippen LogP contribution in [0.3, 0.4) is 0 Å². The minimum Gasteiger partial charge on any atom is -0.444 e. The highest BCUT2D eigenvalue weighted by Crippen LogP contribution is 2.14. The van der Waals surface area contributed by atoms with Crippen molar-refractivity contribution in [1.82, 2.24) is 10.6 Å². The molecule has 16 heteroatoms. The predicted octanol–water partition coefficient (Wildman–Crippen LogP) is 5.19. The van der Waals surface area contributed by atoms with Crippen LogP contribution in [0, 0.1) is 20.2 Å². The summed E-state index contributed by atoms with van der Waals surface area (Å²) in [5, 5.41) is 26.1. The van der Waals surface area contributed by atoms with Crippen LogP contribution in [0.4, 0.5) is 21.0 Å². The zero-order chi connectivity index (χ0) is 33.6. The lowest BCUT2D eigenvalue weighted by molar-refractivity contribution is -0.385. The number of nitro groups is 2. The molecule has 0 radical (unpaired) electrons. The fourth-order valence-corrected chi connectivity index (χ4v) is 4.12. The molecule has 0 aromatic heterocycles. The van der Waals surface area contributed by atoms with E-state index in [2.05, 4.69) is 20.6 Å². The van der Waals surface area contributed by atoms with Crippen LogP contribution in [-0.2, 0) is 22.7 Å². The number of rotatable bonds is 19. The summed E-state index contributed by atoms with van der Waals surface area (Å²) in [6.45, 7) is 0.909. The van der Waals surface area contributed by atoms with Crippen molar-refractivity contribution in [2.24, 2.45) is 21.5 Å². The smallest absolute Gasteiger partial charge is 0.414 e. The van der Waals surface area contributed by atoms with Crippen molar-refractivity contribution >= 4 is 35.5 Å². The number of nitrogens with zero attached hydrogens (tertiary/aromatic N) is 4. The summed E-state index contributed by atoms with van der Waals surface area (Å²) >= 11 is 0. The van der Waals surface area contributed by atoms with Gasteiger partial charge in [0.2, 0.25) is 0 Å². The number of hydrogen-bond donors (Lipinski definition) is 4. The van der Waals surface area contributed by atoms with Gasteiger partial charge in [0.05, 0.1) is 9.85 Å². The summed E-state index contributed by atoms with van der Waals surface area (Å²) in [5.41, 5.74) is 12.6. The van der Waals surface area contributed by atoms with Gasteiger partial charge in [-0.25, -0.2) is 9.59 Å². The SMILES string of the molecule is NC(=NCCCCCCCCCCCCN=C(N)NC(=O)OCc1ccc([N+](=O)[O-])cc1)NC(=O)OCc1ccc([N+](=O)[O-])cc1. The standard InChI is InChI=1S/C30H42N8O8/c31-27(35-29(39)45-21-23-11-15-25(16-12-23)37(41)42)33-19-9-7-5-3-1-2-4-6-8-10-20-34-28(32)36-30(40)46-22-24-13-17-26(18-14-24)38(43)44/h11-18H,1-10,19-22H2,(H3,31,33,35,39)(H3,32,34,36,40). The number of alkyl carbamates (subject to hydrolysis) is 2. The normalized spacial score (nSPS) is 11.5. The van der Waals surface area contributed by atoms with E-state index in [1.54, 1.807) is 0 Å². The van der Waals surface area contributed by atoms with E-state index in [4.69, 9.17) is 20.9 Å². The summed E-state index contributed by atoms with van der Waals surface area (Å²) < 4.78 is 10.1. The lowest BCUT2D eigenvalue weighted by Gasteiger charge is -2.07. The third kappa shape index (κ3) is 16.5. The molecule has 0 bridgehead atoms. The Kier molecular flexibility index (Phi) is 17.2. The van der Waals surface area contributed by atoms with Crippen LogP contribution in [-0.4, -0.2) is 47.0 Å². The highest BCUT2D eigenvalue weighted by molar-refractivity contribution is 5.93. The molecule has 2 rings (SSSR count). The lowest BCUT2D eigenvalue weighted by atomic mass is 10.1. The third-order valence-electron chi connectivity index (χ3n) is 6.62. The van der Waals surface area contributed by atoms with Crippen molar-refractivity contribution in [2.45, 2.75) is 77.4 Å². The zero-order valence-corrected chi connectivity index (χ0v) is 25.7. The molecule has 0 unspecified atom stereocenters. The van der Waals surface area contributed by atoms with Gasteiger partial charge >= 0.3 is 12.2 Å². The summed E-state index contributed by atoms with van der Waals surface area (Å²) in [4.78, 5) is 52.3. The number of aliphatic imine (C=N–C) groups is 2. The van der Waals surface area contributed by atoms with E-state index in [1.807, 2.05) is 0 Å². The van der Waals surface area contributed by atoms with Crippen molar-refractivity contribution < 1.29 is 28.9 Å². The first-order valence-corrected chi connectivity index (χ1v) is 15.1. The topological polar surface area (TPSA) is 240 Å². The number of nitro benzene ring substituents is 2. The summed E-state index contributed by atoms with van der Waals surface area (Å²) in [7, 11) is 0. The van der Waals surface area contributed by atoms with Gasteiger partial charge in [-0.05, 0) is 48.2 Å². The number of hydrogen-bond acceptors (Lipinski definition) is 10. The maximum absolute atomic E-state index is 11.8. The van der Waals surface area contributed by atoms with Crippen LogP contribution in [0.5, 0.6) is 0 Å². The lowest BCUT2D eigenvalue weighted by Crippen LogP contribution is -2.37. The zero-order valence-electron chi connectivity index (χ0n) is 25.7. The van der Waals surface area contributed by atoms with Gasteiger partial charge in [0.25, 0.3) is 11.4 Å². The molecule has 0 aliphatic rings. The highest BCUT2D eigenvalue weighted by atomic mass is 16.6. The van der Waals surface area contributed by atoms with E-state index in [9.17, 15) is 29.8 Å². The molecule has 0 saturated carbocycles. The van der Waals surface area contributed by atoms with Crippen molar-refractivity contribution in [2.75, 3.05) is 13.1 Å². The van der Waals surface area contributed by atoms with E-state index in [0.29, 0.717) is 24.2 Å². The number of nitrogens with one attached hydrogen (secondary N) is 2. The van der Waals surface area contributed by atoms with E-state index in [-0.39, 0.29) is 36.5 Å². The second-order valence-corrected chi connectivity index (χ2v) is 10.3. The van der Waals surface area contributed by atoms with E-state index < -0.39 is 22.0 Å². The van der Waals surface area contributed by atoms with Gasteiger partial charge in [-0.1, -0.05) is 51.4 Å². The molecule has 0 heterocycles. The number of benzene rings is 2. The van der Waals surface area contributed by atoms with Crippen LogP contribution in [0.25, 0.3) is 0 Å². The quantitative estimate of drug-likeness (QED) is 0.0514. The Morgan fingerprint density at radius 3 is 1.20 bits per heavy atom. The fraction of sp³-hybridized carbons (Fsp3) is 0.467. The average molecular weight is 643 g/mol. The molecule has 0 aliphatic heterocycles. The molecule has 6 N–H and O–H groups in total. The number of carbonyl (C=O) groups is 2. The minimum atomic E-state index is -0.745. The maximum atomic E-state index is 11.8. The molecule has 2 aromatic carbocycles. The Morgan fingerprint density at radius 1 is 0.587 bits per heavy atom. The Balaban J connectivity index is 1.39. The number of guanidine groups is 2. The Hall–Kier alpha value is -5.28. The molecule has 0 aliphatic carbocycles. The van der Waals surface area contributed by atoms with Gasteiger partial charge in [-0.15, -0.1) is 0 Å². The van der Waals surface area contributed by atoms with Crippen molar-refractivity contribution in [3.63, 3.8) is 0 Å². The number of amides is 2. The van der Waals surface area contributed by atoms with Gasteiger partial charge < -0.3 is 20.9 Å². The fourth-order valence-electron chi connectivity index (χ4n) is 4.12. The number of ether oxygens (including phenoxy) is 2.